The van der Waals surface area contributed by atoms with Crippen molar-refractivity contribution in [1.29, 1.82) is 0 Å². The number of hydrogen-bond donors (Lipinski definition) is 1. The van der Waals surface area contributed by atoms with Gasteiger partial charge < -0.3 is 10.5 Å². The largest absolute Gasteiger partial charge is 0.381 e. The van der Waals surface area contributed by atoms with Crippen molar-refractivity contribution in [2.75, 3.05) is 13.2 Å². The monoisotopic (exact) mass is 153 g/mol. The first-order valence-electron chi connectivity index (χ1n) is 4.11. The molecule has 2 atom stereocenters. The normalized spacial score (nSPS) is 26.4. The predicted molar refractivity (Wildman–Crippen MR) is 45.0 cm³/mol. The van der Waals surface area contributed by atoms with E-state index >= 15 is 0 Å². The molecule has 1 aliphatic heterocycles. The molecule has 2 unspecified atom stereocenters. The van der Waals surface area contributed by atoms with Crippen molar-refractivity contribution >= 4 is 0 Å². The Balaban J connectivity index is 2.18. The van der Waals surface area contributed by atoms with Crippen molar-refractivity contribution in [2.24, 2.45) is 11.7 Å². The topological polar surface area (TPSA) is 35.2 Å². The molecular formula is C9H15NO. The van der Waals surface area contributed by atoms with Gasteiger partial charge in [0.1, 0.15) is 0 Å². The van der Waals surface area contributed by atoms with Crippen molar-refractivity contribution in [1.82, 2.24) is 0 Å². The Morgan fingerprint density at radius 3 is 3.09 bits per heavy atom. The molecule has 62 valence electrons. The number of terminal acetylenes is 1. The van der Waals surface area contributed by atoms with Crippen molar-refractivity contribution in [2.45, 2.75) is 25.3 Å². The summed E-state index contributed by atoms with van der Waals surface area (Å²) in [5.74, 6) is 3.15. The van der Waals surface area contributed by atoms with Gasteiger partial charge in [0.2, 0.25) is 0 Å². The van der Waals surface area contributed by atoms with E-state index in [4.69, 9.17) is 16.9 Å². The number of hydrogen-bond acceptors (Lipinski definition) is 2. The first-order valence-corrected chi connectivity index (χ1v) is 4.11. The average Bonchev–Trinajstić information content (AvgIpc) is 2.52. The highest BCUT2D eigenvalue weighted by atomic mass is 16.5. The Hall–Kier alpha value is -0.520. The van der Waals surface area contributed by atoms with Gasteiger partial charge in [-0.3, -0.25) is 0 Å². The van der Waals surface area contributed by atoms with E-state index in [0.717, 1.165) is 32.5 Å². The van der Waals surface area contributed by atoms with Gasteiger partial charge in [0.05, 0.1) is 6.61 Å². The Morgan fingerprint density at radius 1 is 1.73 bits per heavy atom. The second-order valence-electron chi connectivity index (χ2n) is 3.03. The number of rotatable bonds is 3. The lowest BCUT2D eigenvalue weighted by Crippen LogP contribution is -2.30. The minimum atomic E-state index is 0.244. The molecule has 0 saturated carbocycles. The van der Waals surface area contributed by atoms with Crippen LogP contribution in [0.25, 0.3) is 0 Å². The Bertz CT molecular complexity index is 144. The fourth-order valence-corrected chi connectivity index (χ4v) is 1.38. The quantitative estimate of drug-likeness (QED) is 0.608. The molecule has 0 aliphatic carbocycles. The summed E-state index contributed by atoms with van der Waals surface area (Å²) in [6.45, 7) is 1.69. The van der Waals surface area contributed by atoms with Crippen molar-refractivity contribution in [3.8, 4) is 12.3 Å². The third-order valence-corrected chi connectivity index (χ3v) is 2.19. The summed E-state index contributed by atoms with van der Waals surface area (Å²) in [4.78, 5) is 0. The average molecular weight is 153 g/mol. The summed E-state index contributed by atoms with van der Waals surface area (Å²) in [7, 11) is 0. The van der Waals surface area contributed by atoms with Crippen LogP contribution in [0.15, 0.2) is 0 Å². The van der Waals surface area contributed by atoms with E-state index in [1.165, 1.54) is 0 Å². The summed E-state index contributed by atoms with van der Waals surface area (Å²) in [5.41, 5.74) is 5.89. The summed E-state index contributed by atoms with van der Waals surface area (Å²) in [6, 6.07) is 0.244. The van der Waals surface area contributed by atoms with Gasteiger partial charge >= 0.3 is 0 Å². The van der Waals surface area contributed by atoms with E-state index in [1.807, 2.05) is 0 Å². The van der Waals surface area contributed by atoms with Crippen LogP contribution in [0.2, 0.25) is 0 Å². The lowest BCUT2D eigenvalue weighted by atomic mass is 9.96. The number of nitrogens with two attached hydrogens (primary N) is 1. The van der Waals surface area contributed by atoms with Crippen LogP contribution in [-0.4, -0.2) is 19.3 Å². The van der Waals surface area contributed by atoms with Crippen LogP contribution in [0, 0.1) is 18.3 Å². The Kier molecular flexibility index (Phi) is 3.41. The number of ether oxygens (including phenoxy) is 1. The smallest absolute Gasteiger partial charge is 0.0509 e. The molecule has 2 N–H and O–H groups in total. The molecule has 0 aromatic rings. The molecule has 1 rings (SSSR count). The van der Waals surface area contributed by atoms with E-state index in [0.29, 0.717) is 5.92 Å². The first kappa shape index (κ1) is 8.58. The molecule has 1 fully saturated rings. The summed E-state index contributed by atoms with van der Waals surface area (Å²) >= 11 is 0. The Labute approximate surface area is 68.1 Å². The third kappa shape index (κ3) is 2.53. The molecule has 0 radical (unpaired) electrons. The minimum Gasteiger partial charge on any atom is -0.381 e. The predicted octanol–water partition coefficient (Wildman–Crippen LogP) is 0.764. The maximum Gasteiger partial charge on any atom is 0.0509 e. The van der Waals surface area contributed by atoms with Gasteiger partial charge in [-0.25, -0.2) is 0 Å². The highest BCUT2D eigenvalue weighted by Crippen LogP contribution is 2.17. The van der Waals surface area contributed by atoms with E-state index < -0.39 is 0 Å². The summed E-state index contributed by atoms with van der Waals surface area (Å²) in [6.07, 6.45) is 7.97. The van der Waals surface area contributed by atoms with Gasteiger partial charge in [-0.1, -0.05) is 0 Å². The maximum atomic E-state index is 5.89. The van der Waals surface area contributed by atoms with Crippen LogP contribution < -0.4 is 5.73 Å². The van der Waals surface area contributed by atoms with Crippen LogP contribution in [0.1, 0.15) is 19.3 Å². The fourth-order valence-electron chi connectivity index (χ4n) is 1.38. The molecule has 11 heavy (non-hydrogen) atoms. The summed E-state index contributed by atoms with van der Waals surface area (Å²) in [5, 5.41) is 0. The first-order chi connectivity index (χ1) is 5.34. The maximum absolute atomic E-state index is 5.89. The molecule has 0 aromatic heterocycles. The molecule has 1 saturated heterocycles. The van der Waals surface area contributed by atoms with Crippen LogP contribution in [-0.2, 0) is 4.74 Å². The zero-order valence-electron chi connectivity index (χ0n) is 6.75. The molecule has 0 bridgehead atoms. The second-order valence-corrected chi connectivity index (χ2v) is 3.03. The standard InChI is InChI=1S/C9H15NO/c1-2-3-4-9(10)8-5-6-11-7-8/h1,8-9H,3-7,10H2. The summed E-state index contributed by atoms with van der Waals surface area (Å²) < 4.78 is 5.23. The van der Waals surface area contributed by atoms with Gasteiger partial charge in [0.15, 0.2) is 0 Å². The van der Waals surface area contributed by atoms with Gasteiger partial charge in [-0.15, -0.1) is 12.3 Å². The lowest BCUT2D eigenvalue weighted by Gasteiger charge is -2.15. The van der Waals surface area contributed by atoms with E-state index in [-0.39, 0.29) is 6.04 Å². The van der Waals surface area contributed by atoms with Crippen LogP contribution in [0.5, 0.6) is 0 Å². The van der Waals surface area contributed by atoms with Crippen LogP contribution in [0.4, 0.5) is 0 Å². The third-order valence-electron chi connectivity index (χ3n) is 2.19. The highest BCUT2D eigenvalue weighted by molar-refractivity contribution is 4.87. The second kappa shape index (κ2) is 4.38. The van der Waals surface area contributed by atoms with Gasteiger partial charge in [-0.2, -0.15) is 0 Å². The fraction of sp³-hybridized carbons (Fsp3) is 0.778. The molecular weight excluding hydrogens is 138 g/mol. The zero-order chi connectivity index (χ0) is 8.10. The van der Waals surface area contributed by atoms with E-state index in [1.54, 1.807) is 0 Å². The molecule has 2 heteroatoms. The van der Waals surface area contributed by atoms with Gasteiger partial charge in [0.25, 0.3) is 0 Å². The molecule has 1 aliphatic rings. The van der Waals surface area contributed by atoms with Crippen LogP contribution >= 0.6 is 0 Å². The van der Waals surface area contributed by atoms with Gasteiger partial charge in [0, 0.05) is 19.1 Å². The minimum absolute atomic E-state index is 0.244. The van der Waals surface area contributed by atoms with Crippen LogP contribution in [0.3, 0.4) is 0 Å². The van der Waals surface area contributed by atoms with Crippen molar-refractivity contribution in [3.63, 3.8) is 0 Å². The lowest BCUT2D eigenvalue weighted by molar-refractivity contribution is 0.180. The van der Waals surface area contributed by atoms with Gasteiger partial charge in [-0.05, 0) is 18.8 Å². The van der Waals surface area contributed by atoms with Crippen molar-refractivity contribution in [3.05, 3.63) is 0 Å². The zero-order valence-corrected chi connectivity index (χ0v) is 6.75. The Morgan fingerprint density at radius 2 is 2.55 bits per heavy atom. The highest BCUT2D eigenvalue weighted by Gasteiger charge is 2.21. The molecule has 2 nitrogen and oxygen atoms in total. The molecule has 0 amide bonds. The molecule has 0 aromatic carbocycles. The SMILES string of the molecule is C#CCCC(N)C1CCOC1. The van der Waals surface area contributed by atoms with E-state index in [2.05, 4.69) is 5.92 Å². The molecule has 0 spiro atoms. The van der Waals surface area contributed by atoms with E-state index in [9.17, 15) is 0 Å². The van der Waals surface area contributed by atoms with Crippen molar-refractivity contribution < 1.29 is 4.74 Å². The molecule has 1 heterocycles.